The van der Waals surface area contributed by atoms with Crippen molar-refractivity contribution < 1.29 is 0 Å². The van der Waals surface area contributed by atoms with Crippen molar-refractivity contribution in [1.82, 2.24) is 0 Å². The first-order chi connectivity index (χ1) is 41.2. The fraction of sp³-hybridized carbons (Fsp3) is 0.553. The second-order valence-electron chi connectivity index (χ2n) is 36.0. The van der Waals surface area contributed by atoms with E-state index in [2.05, 4.69) is 360 Å². The average Bonchev–Trinajstić information content (AvgIpc) is 0.717. The number of hydrogen-bond acceptors (Lipinski definition) is 2. The molecule has 0 aliphatic carbocycles. The Morgan fingerprint density at radius 3 is 0.833 bits per heavy atom. The molecule has 7 aromatic rings. The first-order valence-electron chi connectivity index (χ1n) is 35.4. The van der Waals surface area contributed by atoms with Gasteiger partial charge in [-0.1, -0.05) is 311 Å². The Morgan fingerprint density at radius 1 is 0.233 bits per heavy atom. The molecule has 0 amide bonds. The van der Waals surface area contributed by atoms with E-state index in [1.54, 1.807) is 15.6 Å². The van der Waals surface area contributed by atoms with Crippen LogP contribution in [0.25, 0.3) is 21.5 Å². The Kier molecular flexibility index (Phi) is 20.9. The molecule has 0 saturated carbocycles. The molecule has 0 N–H and O–H groups in total. The van der Waals surface area contributed by atoms with Gasteiger partial charge >= 0.3 is 0 Å². The molecule has 0 fully saturated rings. The summed E-state index contributed by atoms with van der Waals surface area (Å²) in [7, 11) is -6.75. The van der Waals surface area contributed by atoms with Crippen molar-refractivity contribution in [2.75, 3.05) is 9.80 Å². The van der Waals surface area contributed by atoms with Gasteiger partial charge < -0.3 is 9.80 Å². The van der Waals surface area contributed by atoms with Crippen LogP contribution in [0.2, 0.25) is 49.9 Å². The van der Waals surface area contributed by atoms with Gasteiger partial charge in [-0.05, 0) is 159 Å². The molecule has 7 rings (SSSR count). The summed E-state index contributed by atoms with van der Waals surface area (Å²) in [6.45, 7) is 82.1. The molecule has 0 unspecified atom stereocenters. The van der Waals surface area contributed by atoms with Crippen LogP contribution in [0.1, 0.15) is 256 Å². The predicted octanol–water partition coefficient (Wildman–Crippen LogP) is 26.1. The third kappa shape index (κ3) is 13.1. The first-order valence-corrected chi connectivity index (χ1v) is 42.1. The lowest BCUT2D eigenvalue weighted by atomic mass is 9.80. The summed E-state index contributed by atoms with van der Waals surface area (Å²) >= 11 is 0. The number of fused-ring (bicyclic) bond motifs is 2. The lowest BCUT2D eigenvalue weighted by molar-refractivity contribution is 0.568. The number of hydrogen-bond donors (Lipinski definition) is 0. The fourth-order valence-corrected chi connectivity index (χ4v) is 38.8. The van der Waals surface area contributed by atoms with E-state index >= 15 is 0 Å². The van der Waals surface area contributed by atoms with E-state index < -0.39 is 24.2 Å². The summed E-state index contributed by atoms with van der Waals surface area (Å²) in [5, 5.41) is 9.86. The number of rotatable bonds is 18. The Morgan fingerprint density at radius 2 is 0.511 bits per heavy atom. The molecular formula is C85H128N2Si3. The SMILES string of the molecule is CC(C)[Si](c1cccc(N(c2cc(C(C)(C)C)cc(C(C)(C)C)c2)c2c3ccccc3c(N(c3cc(C(C)(C)C)cc(C(C)(C)C)c3)c3cc([Si](C(C)C)(C(C)C)C(C)C)cc([Si](C(C)C)(C(C)C)C(C)C)c3)c3cc(C(C)(C)C)ccc23)c1)(C(C)C)C(C)C. The minimum absolute atomic E-state index is 0.0994. The number of anilines is 6. The molecule has 0 heterocycles. The fourth-order valence-electron chi connectivity index (χ4n) is 18.3. The molecule has 0 aliphatic heterocycles. The van der Waals surface area contributed by atoms with Crippen LogP contribution >= 0.6 is 0 Å². The maximum Gasteiger partial charge on any atom is 0.0943 e. The van der Waals surface area contributed by atoms with Gasteiger partial charge in [-0.15, -0.1) is 0 Å². The number of benzene rings is 7. The average molecular weight is 1260 g/mol. The van der Waals surface area contributed by atoms with E-state index in [9.17, 15) is 0 Å². The molecular weight excluding hydrogens is 1130 g/mol. The van der Waals surface area contributed by atoms with Crippen LogP contribution in [0.15, 0.2) is 121 Å². The summed E-state index contributed by atoms with van der Waals surface area (Å²) in [5.74, 6) is 0. The van der Waals surface area contributed by atoms with Gasteiger partial charge in [-0.2, -0.15) is 0 Å². The van der Waals surface area contributed by atoms with Crippen molar-refractivity contribution in [3.63, 3.8) is 0 Å². The maximum absolute atomic E-state index is 2.85. The van der Waals surface area contributed by atoms with E-state index in [-0.39, 0.29) is 27.1 Å². The van der Waals surface area contributed by atoms with Crippen molar-refractivity contribution in [2.45, 2.75) is 305 Å². The normalized spacial score (nSPS) is 13.8. The molecule has 0 radical (unpaired) electrons. The lowest BCUT2D eigenvalue weighted by Gasteiger charge is -2.47. The van der Waals surface area contributed by atoms with Crippen LogP contribution in [0, 0.1) is 0 Å². The van der Waals surface area contributed by atoms with Crippen LogP contribution in [0.5, 0.6) is 0 Å². The second-order valence-corrected chi connectivity index (χ2v) is 53.7. The van der Waals surface area contributed by atoms with Gasteiger partial charge in [0.1, 0.15) is 0 Å². The molecule has 2 nitrogen and oxygen atoms in total. The van der Waals surface area contributed by atoms with Crippen molar-refractivity contribution in [1.29, 1.82) is 0 Å². The summed E-state index contributed by atoms with van der Waals surface area (Å²) in [6, 6.07) is 51.0. The molecule has 0 aromatic heterocycles. The smallest absolute Gasteiger partial charge is 0.0943 e. The standard InChI is InChI=1S/C85H128N2Si3/c1-54(2)88(55(3)4,56(5)6)72-38-36-37-68(50-72)86(69-45-64(82(22,23)24)43-65(46-69)83(25,26)27)79-75-39-34-35-40-76(75)80(78-49-63(81(19,20)21)41-42-77(78)79)87(70-47-66(84(28,29)30)44-67(48-70)85(31,32)33)71-51-73(89(57(7)8,58(9)10)59(11)12)53-74(52-71)90(60(13)14,61(15)16)62(17)18/h34-62H,1-33H3. The van der Waals surface area contributed by atoms with Gasteiger partial charge in [0.05, 0.1) is 35.6 Å². The van der Waals surface area contributed by atoms with Gasteiger partial charge in [0, 0.05) is 44.3 Å². The largest absolute Gasteiger partial charge is 0.309 e. The van der Waals surface area contributed by atoms with Gasteiger partial charge in [0.2, 0.25) is 0 Å². The molecule has 0 spiro atoms. The Bertz CT molecular complexity index is 3480. The molecule has 90 heavy (non-hydrogen) atoms. The Balaban J connectivity index is 1.90. The minimum atomic E-state index is -2.30. The van der Waals surface area contributed by atoms with Crippen LogP contribution in [0.3, 0.4) is 0 Å². The zero-order valence-corrected chi connectivity index (χ0v) is 66.6. The van der Waals surface area contributed by atoms with E-state index in [0.29, 0.717) is 49.9 Å². The third-order valence-corrected chi connectivity index (χ3v) is 43.6. The summed E-state index contributed by atoms with van der Waals surface area (Å²) in [4.78, 5) is 5.58. The van der Waals surface area contributed by atoms with E-state index in [1.165, 1.54) is 83.5 Å². The van der Waals surface area contributed by atoms with Crippen LogP contribution in [0.4, 0.5) is 34.1 Å². The van der Waals surface area contributed by atoms with Crippen molar-refractivity contribution >= 4 is 95.5 Å². The zero-order chi connectivity index (χ0) is 67.9. The van der Waals surface area contributed by atoms with E-state index in [1.807, 2.05) is 0 Å². The second kappa shape index (κ2) is 25.9. The summed E-state index contributed by atoms with van der Waals surface area (Å²) in [6.07, 6.45) is 0. The lowest BCUT2D eigenvalue weighted by Crippen LogP contribution is -2.60. The highest BCUT2D eigenvalue weighted by molar-refractivity contribution is 6.98. The molecule has 7 aromatic carbocycles. The van der Waals surface area contributed by atoms with E-state index in [0.717, 1.165) is 0 Å². The monoisotopic (exact) mass is 1260 g/mol. The summed E-state index contributed by atoms with van der Waals surface area (Å²) in [5.41, 5.74) is 18.5. The van der Waals surface area contributed by atoms with Crippen molar-refractivity contribution in [3.8, 4) is 0 Å². The van der Waals surface area contributed by atoms with E-state index in [4.69, 9.17) is 0 Å². The van der Waals surface area contributed by atoms with Gasteiger partial charge in [0.25, 0.3) is 0 Å². The number of nitrogens with zero attached hydrogens (tertiary/aromatic N) is 2. The third-order valence-electron chi connectivity index (χ3n) is 22.5. The molecule has 0 saturated heterocycles. The van der Waals surface area contributed by atoms with Gasteiger partial charge in [0.15, 0.2) is 0 Å². The van der Waals surface area contributed by atoms with Crippen LogP contribution in [-0.2, 0) is 27.1 Å². The van der Waals surface area contributed by atoms with Gasteiger partial charge in [-0.3, -0.25) is 0 Å². The first kappa shape index (κ1) is 72.7. The van der Waals surface area contributed by atoms with Crippen LogP contribution in [-0.4, -0.2) is 24.2 Å². The predicted molar refractivity (Wildman–Crippen MR) is 416 cm³/mol. The zero-order valence-electron chi connectivity index (χ0n) is 63.6. The highest BCUT2D eigenvalue weighted by Gasteiger charge is 2.49. The minimum Gasteiger partial charge on any atom is -0.309 e. The maximum atomic E-state index is 2.85. The molecule has 5 heteroatoms. The highest BCUT2D eigenvalue weighted by Crippen LogP contribution is 2.55. The van der Waals surface area contributed by atoms with Gasteiger partial charge in [-0.25, -0.2) is 0 Å². The Hall–Kier alpha value is -4.69. The van der Waals surface area contributed by atoms with Crippen LogP contribution < -0.4 is 25.4 Å². The topological polar surface area (TPSA) is 6.48 Å². The van der Waals surface area contributed by atoms with Crippen molar-refractivity contribution in [3.05, 3.63) is 149 Å². The molecule has 0 atom stereocenters. The highest BCUT2D eigenvalue weighted by atomic mass is 28.3. The molecule has 0 bridgehead atoms. The molecule has 490 valence electrons. The molecule has 0 aliphatic rings. The van der Waals surface area contributed by atoms with Crippen molar-refractivity contribution in [2.24, 2.45) is 0 Å². The Labute approximate surface area is 556 Å². The summed E-state index contributed by atoms with van der Waals surface area (Å²) < 4.78 is 0. The quantitative estimate of drug-likeness (QED) is 0.0480.